The van der Waals surface area contributed by atoms with E-state index in [1.54, 1.807) is 24.3 Å². The standard InChI is InChI=1S/C20H16N4O4/c25-20(14-28-19-12-10-18(11-13-19)24(26)27)21-15-6-8-17(9-7-15)23-22-16-4-2-1-3-5-16/h1-13H,14H2,(H,21,25). The molecule has 0 aliphatic carbocycles. The van der Waals surface area contributed by atoms with Gasteiger partial charge in [0.05, 0.1) is 16.3 Å². The molecule has 0 bridgehead atoms. The summed E-state index contributed by atoms with van der Waals surface area (Å²) in [6.07, 6.45) is 0. The second-order valence-corrected chi connectivity index (χ2v) is 5.67. The van der Waals surface area contributed by atoms with Crippen molar-refractivity contribution in [1.82, 2.24) is 0 Å². The molecule has 0 spiro atoms. The molecule has 0 unspecified atom stereocenters. The van der Waals surface area contributed by atoms with Gasteiger partial charge in [0.25, 0.3) is 11.6 Å². The Morgan fingerprint density at radius 3 is 2.11 bits per heavy atom. The fraction of sp³-hybridized carbons (Fsp3) is 0.0500. The Kier molecular flexibility index (Phi) is 6.04. The third-order valence-electron chi connectivity index (χ3n) is 3.61. The minimum absolute atomic E-state index is 0.0405. The van der Waals surface area contributed by atoms with E-state index in [-0.39, 0.29) is 18.2 Å². The zero-order valence-electron chi connectivity index (χ0n) is 14.7. The maximum Gasteiger partial charge on any atom is 0.269 e. The van der Waals surface area contributed by atoms with Gasteiger partial charge in [-0.3, -0.25) is 14.9 Å². The third-order valence-corrected chi connectivity index (χ3v) is 3.61. The van der Waals surface area contributed by atoms with Gasteiger partial charge in [0.1, 0.15) is 5.75 Å². The highest BCUT2D eigenvalue weighted by molar-refractivity contribution is 5.92. The van der Waals surface area contributed by atoms with Gasteiger partial charge in [0.2, 0.25) is 0 Å². The number of anilines is 1. The largest absolute Gasteiger partial charge is 0.484 e. The van der Waals surface area contributed by atoms with Gasteiger partial charge in [-0.05, 0) is 48.5 Å². The predicted molar refractivity (Wildman–Crippen MR) is 104 cm³/mol. The molecule has 0 aliphatic heterocycles. The van der Waals surface area contributed by atoms with Crippen molar-refractivity contribution in [3.8, 4) is 5.75 Å². The molecule has 0 aliphatic rings. The molecule has 28 heavy (non-hydrogen) atoms. The summed E-state index contributed by atoms with van der Waals surface area (Å²) in [4.78, 5) is 22.1. The van der Waals surface area contributed by atoms with Crippen LogP contribution in [0.4, 0.5) is 22.7 Å². The number of nitrogens with one attached hydrogen (secondary N) is 1. The second kappa shape index (κ2) is 9.04. The van der Waals surface area contributed by atoms with Crippen LogP contribution >= 0.6 is 0 Å². The molecule has 3 aromatic carbocycles. The number of azo groups is 1. The summed E-state index contributed by atoms with van der Waals surface area (Å²) in [7, 11) is 0. The van der Waals surface area contributed by atoms with Gasteiger partial charge in [-0.2, -0.15) is 10.2 Å². The van der Waals surface area contributed by atoms with Crippen LogP contribution in [0.1, 0.15) is 0 Å². The summed E-state index contributed by atoms with van der Waals surface area (Å²) in [5.74, 6) is 0.0226. The second-order valence-electron chi connectivity index (χ2n) is 5.67. The third kappa shape index (κ3) is 5.46. The summed E-state index contributed by atoms with van der Waals surface area (Å²) in [5, 5.41) is 21.6. The number of carbonyl (C=O) groups excluding carboxylic acids is 1. The van der Waals surface area contributed by atoms with E-state index in [0.29, 0.717) is 17.1 Å². The van der Waals surface area contributed by atoms with Crippen LogP contribution in [0.25, 0.3) is 0 Å². The number of nitro groups is 1. The normalized spacial score (nSPS) is 10.6. The number of rotatable bonds is 7. The number of nitro benzene ring substituents is 1. The first-order valence-corrected chi connectivity index (χ1v) is 8.34. The fourth-order valence-corrected chi connectivity index (χ4v) is 2.23. The van der Waals surface area contributed by atoms with Crippen LogP contribution < -0.4 is 10.1 Å². The van der Waals surface area contributed by atoms with Gasteiger partial charge in [0.15, 0.2) is 6.61 Å². The van der Waals surface area contributed by atoms with Gasteiger partial charge in [0, 0.05) is 17.8 Å². The number of benzene rings is 3. The predicted octanol–water partition coefficient (Wildman–Crippen LogP) is 5.03. The van der Waals surface area contributed by atoms with E-state index < -0.39 is 4.92 Å². The Balaban J connectivity index is 1.50. The molecule has 0 heterocycles. The Morgan fingerprint density at radius 2 is 1.50 bits per heavy atom. The van der Waals surface area contributed by atoms with E-state index in [2.05, 4.69) is 15.5 Å². The molecule has 0 atom stereocenters. The average molecular weight is 376 g/mol. The van der Waals surface area contributed by atoms with Crippen molar-refractivity contribution in [3.05, 3.63) is 89.0 Å². The van der Waals surface area contributed by atoms with Gasteiger partial charge in [-0.25, -0.2) is 0 Å². The van der Waals surface area contributed by atoms with Gasteiger partial charge >= 0.3 is 0 Å². The SMILES string of the molecule is O=C(COc1ccc([N+](=O)[O-])cc1)Nc1ccc(N=Nc2ccccc2)cc1. The first kappa shape index (κ1) is 18.7. The summed E-state index contributed by atoms with van der Waals surface area (Å²) in [5.41, 5.74) is 1.96. The highest BCUT2D eigenvalue weighted by Crippen LogP contribution is 2.20. The maximum absolute atomic E-state index is 12.0. The van der Waals surface area contributed by atoms with Crippen molar-refractivity contribution in [1.29, 1.82) is 0 Å². The number of hydrogen-bond donors (Lipinski definition) is 1. The lowest BCUT2D eigenvalue weighted by molar-refractivity contribution is -0.384. The minimum Gasteiger partial charge on any atom is -0.484 e. The summed E-state index contributed by atoms with van der Waals surface area (Å²) < 4.78 is 5.32. The number of nitrogens with zero attached hydrogens (tertiary/aromatic N) is 3. The zero-order valence-corrected chi connectivity index (χ0v) is 14.7. The number of amides is 1. The smallest absolute Gasteiger partial charge is 0.269 e. The molecule has 0 fully saturated rings. The zero-order chi connectivity index (χ0) is 19.8. The van der Waals surface area contributed by atoms with E-state index in [1.807, 2.05) is 30.3 Å². The van der Waals surface area contributed by atoms with E-state index >= 15 is 0 Å². The quantitative estimate of drug-likeness (QED) is 0.354. The highest BCUT2D eigenvalue weighted by atomic mass is 16.6. The van der Waals surface area contributed by atoms with Crippen LogP contribution in [-0.2, 0) is 4.79 Å². The molecular formula is C20H16N4O4. The van der Waals surface area contributed by atoms with Crippen molar-refractivity contribution in [2.75, 3.05) is 11.9 Å². The molecule has 140 valence electrons. The molecule has 0 aromatic heterocycles. The van der Waals surface area contributed by atoms with Crippen LogP contribution in [0.3, 0.4) is 0 Å². The lowest BCUT2D eigenvalue weighted by Gasteiger charge is -2.07. The topological polar surface area (TPSA) is 106 Å². The monoisotopic (exact) mass is 376 g/mol. The summed E-state index contributed by atoms with van der Waals surface area (Å²) in [6.45, 7) is -0.215. The molecule has 8 nitrogen and oxygen atoms in total. The molecule has 0 saturated heterocycles. The van der Waals surface area contributed by atoms with Crippen molar-refractivity contribution in [2.45, 2.75) is 0 Å². The molecule has 1 N–H and O–H groups in total. The van der Waals surface area contributed by atoms with Crippen molar-refractivity contribution < 1.29 is 14.5 Å². The molecule has 3 rings (SSSR count). The van der Waals surface area contributed by atoms with Crippen molar-refractivity contribution in [3.63, 3.8) is 0 Å². The van der Waals surface area contributed by atoms with Crippen LogP contribution in [0.5, 0.6) is 5.75 Å². The van der Waals surface area contributed by atoms with E-state index in [0.717, 1.165) is 5.69 Å². The molecule has 8 heteroatoms. The first-order chi connectivity index (χ1) is 13.6. The summed E-state index contributed by atoms with van der Waals surface area (Å²) in [6, 6.07) is 21.8. The average Bonchev–Trinajstić information content (AvgIpc) is 2.73. The highest BCUT2D eigenvalue weighted by Gasteiger charge is 2.07. The maximum atomic E-state index is 12.0. The number of carbonyl (C=O) groups is 1. The van der Waals surface area contributed by atoms with Gasteiger partial charge < -0.3 is 10.1 Å². The van der Waals surface area contributed by atoms with Crippen LogP contribution in [0.15, 0.2) is 89.1 Å². The Morgan fingerprint density at radius 1 is 0.893 bits per heavy atom. The van der Waals surface area contributed by atoms with Crippen LogP contribution in [0.2, 0.25) is 0 Å². The molecule has 0 radical (unpaired) electrons. The van der Waals surface area contributed by atoms with Gasteiger partial charge in [-0.1, -0.05) is 18.2 Å². The Labute approximate surface area is 160 Å². The lowest BCUT2D eigenvalue weighted by atomic mass is 10.3. The van der Waals surface area contributed by atoms with E-state index in [4.69, 9.17) is 4.74 Å². The van der Waals surface area contributed by atoms with E-state index in [9.17, 15) is 14.9 Å². The lowest BCUT2D eigenvalue weighted by Crippen LogP contribution is -2.20. The molecule has 0 saturated carbocycles. The molecule has 3 aromatic rings. The van der Waals surface area contributed by atoms with Crippen molar-refractivity contribution in [2.24, 2.45) is 10.2 Å². The number of ether oxygens (including phenoxy) is 1. The van der Waals surface area contributed by atoms with Crippen molar-refractivity contribution >= 4 is 28.7 Å². The Hall–Kier alpha value is -4.07. The number of non-ortho nitro benzene ring substituents is 1. The fourth-order valence-electron chi connectivity index (χ4n) is 2.23. The molecule has 1 amide bonds. The minimum atomic E-state index is -0.500. The van der Waals surface area contributed by atoms with Crippen LogP contribution in [-0.4, -0.2) is 17.4 Å². The van der Waals surface area contributed by atoms with Crippen LogP contribution in [0, 0.1) is 10.1 Å². The van der Waals surface area contributed by atoms with E-state index in [1.165, 1.54) is 24.3 Å². The Bertz CT molecular complexity index is 971. The van der Waals surface area contributed by atoms with Gasteiger partial charge in [-0.15, -0.1) is 0 Å². The summed E-state index contributed by atoms with van der Waals surface area (Å²) >= 11 is 0. The first-order valence-electron chi connectivity index (χ1n) is 8.34. The molecular weight excluding hydrogens is 360 g/mol. The number of hydrogen-bond acceptors (Lipinski definition) is 6.